The third kappa shape index (κ3) is 4.33. The number of aryl methyl sites for hydroxylation is 2. The van der Waals surface area contributed by atoms with Gasteiger partial charge in [-0.15, -0.1) is 0 Å². The molecule has 0 saturated carbocycles. The van der Waals surface area contributed by atoms with E-state index >= 15 is 0 Å². The zero-order chi connectivity index (χ0) is 21.8. The van der Waals surface area contributed by atoms with E-state index in [9.17, 15) is 14.7 Å². The molecule has 160 valence electrons. The van der Waals surface area contributed by atoms with E-state index in [-0.39, 0.29) is 11.3 Å². The van der Waals surface area contributed by atoms with Crippen molar-refractivity contribution in [3.05, 3.63) is 64.6 Å². The Hall–Kier alpha value is -2.86. The highest BCUT2D eigenvalue weighted by molar-refractivity contribution is 6.46. The van der Waals surface area contributed by atoms with Gasteiger partial charge in [0.1, 0.15) is 23.3 Å². The molecule has 1 atom stereocenters. The maximum Gasteiger partial charge on any atom is 0.295 e. The molecule has 6 nitrogen and oxygen atoms in total. The topological polar surface area (TPSA) is 74.0 Å². The van der Waals surface area contributed by atoms with Gasteiger partial charge in [-0.05, 0) is 52.0 Å². The summed E-state index contributed by atoms with van der Waals surface area (Å²) in [5.74, 6) is -0.256. The Bertz CT molecular complexity index is 938. The molecular formula is C24H30N2O4. The van der Waals surface area contributed by atoms with E-state index in [1.807, 2.05) is 26.0 Å². The summed E-state index contributed by atoms with van der Waals surface area (Å²) >= 11 is 0. The van der Waals surface area contributed by atoms with E-state index in [0.29, 0.717) is 23.6 Å². The smallest absolute Gasteiger partial charge is 0.295 e. The van der Waals surface area contributed by atoms with Gasteiger partial charge < -0.3 is 19.3 Å². The monoisotopic (exact) mass is 410 g/mol. The molecule has 3 rings (SSSR count). The number of ketones is 1. The minimum absolute atomic E-state index is 0.0843. The molecule has 2 heterocycles. The Morgan fingerprint density at radius 2 is 1.73 bits per heavy atom. The second-order valence-corrected chi connectivity index (χ2v) is 7.69. The first-order valence-corrected chi connectivity index (χ1v) is 10.5. The number of aliphatic hydroxyl groups is 1. The van der Waals surface area contributed by atoms with Crippen molar-refractivity contribution in [2.45, 2.75) is 40.2 Å². The minimum atomic E-state index is -0.725. The molecule has 0 radical (unpaired) electrons. The van der Waals surface area contributed by atoms with Crippen molar-refractivity contribution in [2.24, 2.45) is 0 Å². The normalized spacial score (nSPS) is 18.6. The molecule has 30 heavy (non-hydrogen) atoms. The summed E-state index contributed by atoms with van der Waals surface area (Å²) in [4.78, 5) is 29.6. The lowest BCUT2D eigenvalue weighted by Gasteiger charge is -2.25. The summed E-state index contributed by atoms with van der Waals surface area (Å²) < 4.78 is 5.80. The molecule has 1 aromatic carbocycles. The Kier molecular flexibility index (Phi) is 6.77. The number of furan rings is 1. The van der Waals surface area contributed by atoms with Gasteiger partial charge in [0.05, 0.1) is 5.57 Å². The van der Waals surface area contributed by atoms with E-state index in [4.69, 9.17) is 4.42 Å². The van der Waals surface area contributed by atoms with Crippen LogP contribution in [0, 0.1) is 13.8 Å². The lowest BCUT2D eigenvalue weighted by atomic mass is 9.99. The molecule has 0 unspecified atom stereocenters. The Balaban J connectivity index is 1.99. The van der Waals surface area contributed by atoms with Crippen LogP contribution in [-0.4, -0.2) is 52.8 Å². The molecule has 0 aliphatic carbocycles. The molecular weight excluding hydrogens is 380 g/mol. The summed E-state index contributed by atoms with van der Waals surface area (Å²) in [6.07, 6.45) is 0.732. The maximum absolute atomic E-state index is 12.9. The average molecular weight is 411 g/mol. The molecule has 1 N–H and O–H groups in total. The molecule has 2 aromatic rings. The second-order valence-electron chi connectivity index (χ2n) is 7.69. The van der Waals surface area contributed by atoms with Gasteiger partial charge in [-0.3, -0.25) is 9.59 Å². The van der Waals surface area contributed by atoms with Crippen LogP contribution in [0.2, 0.25) is 0 Å². The highest BCUT2D eigenvalue weighted by atomic mass is 16.3. The van der Waals surface area contributed by atoms with Gasteiger partial charge in [0.2, 0.25) is 0 Å². The number of amides is 1. The number of nitrogens with zero attached hydrogens (tertiary/aromatic N) is 2. The van der Waals surface area contributed by atoms with Crippen LogP contribution in [-0.2, 0) is 9.59 Å². The molecule has 1 aliphatic heterocycles. The molecule has 1 fully saturated rings. The first kappa shape index (κ1) is 21.8. The van der Waals surface area contributed by atoms with Crippen molar-refractivity contribution in [3.63, 3.8) is 0 Å². The van der Waals surface area contributed by atoms with Gasteiger partial charge >= 0.3 is 0 Å². The molecule has 1 amide bonds. The largest absolute Gasteiger partial charge is 0.507 e. The first-order valence-electron chi connectivity index (χ1n) is 10.5. The van der Waals surface area contributed by atoms with Gasteiger partial charge in [-0.2, -0.15) is 0 Å². The summed E-state index contributed by atoms with van der Waals surface area (Å²) in [6.45, 7) is 11.1. The lowest BCUT2D eigenvalue weighted by Crippen LogP contribution is -2.33. The molecule has 0 bridgehead atoms. The summed E-state index contributed by atoms with van der Waals surface area (Å²) in [6, 6.07) is 10.1. The van der Waals surface area contributed by atoms with E-state index in [1.165, 1.54) is 4.90 Å². The van der Waals surface area contributed by atoms with Crippen molar-refractivity contribution in [3.8, 4) is 0 Å². The van der Waals surface area contributed by atoms with Crippen LogP contribution in [0.5, 0.6) is 0 Å². The number of rotatable bonds is 8. The zero-order valence-corrected chi connectivity index (χ0v) is 18.1. The fourth-order valence-electron chi connectivity index (χ4n) is 3.88. The van der Waals surface area contributed by atoms with E-state index in [1.54, 1.807) is 24.3 Å². The zero-order valence-electron chi connectivity index (χ0n) is 18.1. The number of aliphatic hydroxyl groups excluding tert-OH is 1. The second kappa shape index (κ2) is 9.30. The quantitative estimate of drug-likeness (QED) is 0.404. The van der Waals surface area contributed by atoms with Crippen LogP contribution in [0.1, 0.15) is 49.0 Å². The molecule has 1 aromatic heterocycles. The van der Waals surface area contributed by atoms with Gasteiger partial charge in [0.15, 0.2) is 0 Å². The number of benzene rings is 1. The Labute approximate surface area is 177 Å². The van der Waals surface area contributed by atoms with Crippen LogP contribution in [0.15, 0.2) is 46.4 Å². The van der Waals surface area contributed by atoms with E-state index in [0.717, 1.165) is 31.6 Å². The fourth-order valence-corrected chi connectivity index (χ4v) is 3.88. The van der Waals surface area contributed by atoms with Gasteiger partial charge in [0.25, 0.3) is 11.7 Å². The number of carbonyl (C=O) groups excluding carboxylic acids is 2. The third-order valence-corrected chi connectivity index (χ3v) is 5.66. The number of Topliss-reactive ketones (excluding diaryl/α,β-unsaturated/α-hetero) is 1. The van der Waals surface area contributed by atoms with Gasteiger partial charge in [-0.1, -0.05) is 43.7 Å². The lowest BCUT2D eigenvalue weighted by molar-refractivity contribution is -0.140. The average Bonchev–Trinajstić information content (AvgIpc) is 3.27. The predicted molar refractivity (Wildman–Crippen MR) is 116 cm³/mol. The number of carbonyl (C=O) groups is 2. The molecule has 1 saturated heterocycles. The van der Waals surface area contributed by atoms with Crippen molar-refractivity contribution in [2.75, 3.05) is 26.2 Å². The van der Waals surface area contributed by atoms with Crippen LogP contribution < -0.4 is 0 Å². The third-order valence-electron chi connectivity index (χ3n) is 5.66. The molecule has 0 spiro atoms. The standard InChI is InChI=1S/C24H30N2O4/c1-5-25(6-2)14-7-15-26-21(19-13-10-17(4)30-19)20(23(28)24(26)29)22(27)18-11-8-16(3)9-12-18/h8-13,21,27H,5-7,14-15H2,1-4H3/t21-/m0/s1. The highest BCUT2D eigenvalue weighted by Crippen LogP contribution is 2.40. The fraction of sp³-hybridized carbons (Fsp3) is 0.417. The minimum Gasteiger partial charge on any atom is -0.507 e. The van der Waals surface area contributed by atoms with Crippen LogP contribution >= 0.6 is 0 Å². The molecule has 6 heteroatoms. The first-order chi connectivity index (χ1) is 14.4. The van der Waals surface area contributed by atoms with Crippen molar-refractivity contribution in [1.82, 2.24) is 9.80 Å². The van der Waals surface area contributed by atoms with Crippen molar-refractivity contribution < 1.29 is 19.1 Å². The number of hydrogen-bond acceptors (Lipinski definition) is 5. The highest BCUT2D eigenvalue weighted by Gasteiger charge is 2.47. The SMILES string of the molecule is CCN(CC)CCCN1C(=O)C(=O)C(=C(O)c2ccc(C)cc2)[C@@H]1c1ccc(C)o1. The number of hydrogen-bond donors (Lipinski definition) is 1. The summed E-state index contributed by atoms with van der Waals surface area (Å²) in [7, 11) is 0. The summed E-state index contributed by atoms with van der Waals surface area (Å²) in [5, 5.41) is 11.0. The van der Waals surface area contributed by atoms with Crippen molar-refractivity contribution in [1.29, 1.82) is 0 Å². The summed E-state index contributed by atoms with van der Waals surface area (Å²) in [5.41, 5.74) is 1.64. The Morgan fingerprint density at radius 3 is 2.30 bits per heavy atom. The van der Waals surface area contributed by atoms with Gasteiger partial charge in [-0.25, -0.2) is 0 Å². The number of likely N-dealkylation sites (tertiary alicyclic amines) is 1. The van der Waals surface area contributed by atoms with E-state index in [2.05, 4.69) is 18.7 Å². The van der Waals surface area contributed by atoms with Crippen molar-refractivity contribution >= 4 is 17.4 Å². The predicted octanol–water partition coefficient (Wildman–Crippen LogP) is 4.05. The molecule has 1 aliphatic rings. The maximum atomic E-state index is 12.9. The van der Waals surface area contributed by atoms with Crippen LogP contribution in [0.3, 0.4) is 0 Å². The van der Waals surface area contributed by atoms with Crippen LogP contribution in [0.4, 0.5) is 0 Å². The van der Waals surface area contributed by atoms with Crippen LogP contribution in [0.25, 0.3) is 5.76 Å². The van der Waals surface area contributed by atoms with Gasteiger partial charge in [0, 0.05) is 12.1 Å². The Morgan fingerprint density at radius 1 is 1.07 bits per heavy atom. The van der Waals surface area contributed by atoms with E-state index < -0.39 is 17.7 Å².